The smallest absolute Gasteiger partial charge is 0.338 e. The van der Waals surface area contributed by atoms with E-state index in [1.54, 1.807) is 22.9 Å². The van der Waals surface area contributed by atoms with Crippen molar-refractivity contribution in [1.82, 2.24) is 9.78 Å². The number of benzene rings is 1. The van der Waals surface area contributed by atoms with Crippen molar-refractivity contribution < 1.29 is 9.53 Å². The molecule has 0 aliphatic carbocycles. The van der Waals surface area contributed by atoms with Crippen LogP contribution in [-0.4, -0.2) is 21.4 Å². The molecule has 2 N–H and O–H groups in total. The third-order valence-electron chi connectivity index (χ3n) is 2.59. The molecule has 5 nitrogen and oxygen atoms in total. The number of nitrogens with two attached hydrogens (primary N) is 1. The third kappa shape index (κ3) is 3.85. The number of nitrogens with zero attached hydrogens (tertiary/aromatic N) is 2. The zero-order valence-electron chi connectivity index (χ0n) is 12.0. The molecule has 5 heteroatoms. The van der Waals surface area contributed by atoms with Crippen LogP contribution in [0.1, 0.15) is 36.7 Å². The van der Waals surface area contributed by atoms with Crippen LogP contribution in [0, 0.1) is 0 Å². The zero-order chi connectivity index (χ0) is 14.8. The normalized spacial score (nSPS) is 11.3. The van der Waals surface area contributed by atoms with Gasteiger partial charge in [-0.15, -0.1) is 0 Å². The van der Waals surface area contributed by atoms with E-state index < -0.39 is 5.60 Å². The standard InChI is InChI=1S/C15H19N3O2/c1-15(2,3)20-14(19)12-6-4-11(5-7-12)10-18-9-8-13(16)17-18/h4-9H,10H2,1-3H3,(H2,16,17). The predicted octanol–water partition coefficient (Wildman–Crippen LogP) is 2.47. The van der Waals surface area contributed by atoms with Gasteiger partial charge in [0, 0.05) is 6.20 Å². The maximum absolute atomic E-state index is 11.9. The number of carbonyl (C=O) groups is 1. The summed E-state index contributed by atoms with van der Waals surface area (Å²) in [5.41, 5.74) is 6.67. The quantitative estimate of drug-likeness (QED) is 0.872. The van der Waals surface area contributed by atoms with E-state index in [2.05, 4.69) is 5.10 Å². The van der Waals surface area contributed by atoms with E-state index in [1.807, 2.05) is 39.1 Å². The maximum Gasteiger partial charge on any atom is 0.338 e. The fourth-order valence-electron chi connectivity index (χ4n) is 1.74. The molecule has 0 fully saturated rings. The fourth-order valence-corrected chi connectivity index (χ4v) is 1.74. The molecule has 1 aromatic carbocycles. The Balaban J connectivity index is 2.04. The first-order chi connectivity index (χ1) is 9.33. The van der Waals surface area contributed by atoms with Crippen LogP contribution in [0.4, 0.5) is 5.82 Å². The first-order valence-corrected chi connectivity index (χ1v) is 6.45. The number of aromatic nitrogens is 2. The summed E-state index contributed by atoms with van der Waals surface area (Å²) in [6, 6.07) is 9.04. The van der Waals surface area contributed by atoms with Crippen molar-refractivity contribution in [1.29, 1.82) is 0 Å². The van der Waals surface area contributed by atoms with Gasteiger partial charge in [-0.1, -0.05) is 12.1 Å². The predicted molar refractivity (Wildman–Crippen MR) is 77.4 cm³/mol. The van der Waals surface area contributed by atoms with Crippen molar-refractivity contribution in [3.05, 3.63) is 47.7 Å². The van der Waals surface area contributed by atoms with Crippen LogP contribution in [-0.2, 0) is 11.3 Å². The Kier molecular flexibility index (Phi) is 3.79. The highest BCUT2D eigenvalue weighted by molar-refractivity contribution is 5.89. The summed E-state index contributed by atoms with van der Waals surface area (Å²) in [6.07, 6.45) is 1.82. The molecule has 0 aliphatic heterocycles. The largest absolute Gasteiger partial charge is 0.456 e. The lowest BCUT2D eigenvalue weighted by Gasteiger charge is -2.19. The van der Waals surface area contributed by atoms with E-state index in [4.69, 9.17) is 10.5 Å². The van der Waals surface area contributed by atoms with Crippen LogP contribution in [0.25, 0.3) is 0 Å². The monoisotopic (exact) mass is 273 g/mol. The molecule has 0 amide bonds. The van der Waals surface area contributed by atoms with E-state index >= 15 is 0 Å². The summed E-state index contributed by atoms with van der Waals surface area (Å²) in [7, 11) is 0. The molecule has 0 unspecified atom stereocenters. The minimum absolute atomic E-state index is 0.313. The van der Waals surface area contributed by atoms with Gasteiger partial charge in [-0.05, 0) is 44.5 Å². The number of ether oxygens (including phenoxy) is 1. The van der Waals surface area contributed by atoms with Gasteiger partial charge in [0.25, 0.3) is 0 Å². The van der Waals surface area contributed by atoms with Gasteiger partial charge in [-0.2, -0.15) is 5.10 Å². The molecule has 0 atom stereocenters. The molecule has 2 rings (SSSR count). The zero-order valence-corrected chi connectivity index (χ0v) is 12.0. The molecule has 106 valence electrons. The van der Waals surface area contributed by atoms with Gasteiger partial charge in [-0.25, -0.2) is 4.79 Å². The molecule has 1 aromatic heterocycles. The number of hydrogen-bond donors (Lipinski definition) is 1. The number of nitrogen functional groups attached to an aromatic ring is 1. The molecule has 2 aromatic rings. The lowest BCUT2D eigenvalue weighted by molar-refractivity contribution is 0.00695. The van der Waals surface area contributed by atoms with Crippen LogP contribution >= 0.6 is 0 Å². The molecule has 0 saturated heterocycles. The molecule has 1 heterocycles. The van der Waals surface area contributed by atoms with Gasteiger partial charge < -0.3 is 10.5 Å². The Morgan fingerprint density at radius 2 is 1.90 bits per heavy atom. The van der Waals surface area contributed by atoms with Crippen molar-refractivity contribution in [3.63, 3.8) is 0 Å². The number of anilines is 1. The van der Waals surface area contributed by atoms with E-state index in [9.17, 15) is 4.79 Å². The third-order valence-corrected chi connectivity index (χ3v) is 2.59. The summed E-state index contributed by atoms with van der Waals surface area (Å²) >= 11 is 0. The van der Waals surface area contributed by atoms with E-state index in [0.29, 0.717) is 17.9 Å². The maximum atomic E-state index is 11.9. The van der Waals surface area contributed by atoms with Crippen LogP contribution in [0.15, 0.2) is 36.5 Å². The van der Waals surface area contributed by atoms with Crippen molar-refractivity contribution in [2.24, 2.45) is 0 Å². The SMILES string of the molecule is CC(C)(C)OC(=O)c1ccc(Cn2ccc(N)n2)cc1. The Bertz CT molecular complexity index is 594. The molecule has 0 aliphatic rings. The van der Waals surface area contributed by atoms with Gasteiger partial charge in [0.05, 0.1) is 12.1 Å². The Labute approximate surface area is 118 Å². The topological polar surface area (TPSA) is 70.1 Å². The Morgan fingerprint density at radius 3 is 2.40 bits per heavy atom. The average molecular weight is 273 g/mol. The van der Waals surface area contributed by atoms with E-state index in [-0.39, 0.29) is 5.97 Å². The second kappa shape index (κ2) is 5.36. The van der Waals surface area contributed by atoms with Crippen molar-refractivity contribution >= 4 is 11.8 Å². The van der Waals surface area contributed by atoms with Crippen LogP contribution < -0.4 is 5.73 Å². The summed E-state index contributed by atoms with van der Waals surface area (Å²) in [5, 5.41) is 4.11. The molecule has 0 saturated carbocycles. The van der Waals surface area contributed by atoms with Gasteiger partial charge in [0.1, 0.15) is 11.4 Å². The van der Waals surface area contributed by atoms with Gasteiger partial charge in [0.2, 0.25) is 0 Å². The summed E-state index contributed by atoms with van der Waals surface area (Å²) in [4.78, 5) is 11.9. The van der Waals surface area contributed by atoms with E-state index in [0.717, 1.165) is 5.56 Å². The summed E-state index contributed by atoms with van der Waals surface area (Å²) < 4.78 is 7.06. The fraction of sp³-hybridized carbons (Fsp3) is 0.333. The highest BCUT2D eigenvalue weighted by Gasteiger charge is 2.17. The van der Waals surface area contributed by atoms with Gasteiger partial charge in [-0.3, -0.25) is 4.68 Å². The minimum atomic E-state index is -0.484. The second-order valence-electron chi connectivity index (χ2n) is 5.64. The first kappa shape index (κ1) is 14.1. The van der Waals surface area contributed by atoms with Crippen molar-refractivity contribution in [3.8, 4) is 0 Å². The lowest BCUT2D eigenvalue weighted by Crippen LogP contribution is -2.23. The number of esters is 1. The summed E-state index contributed by atoms with van der Waals surface area (Å²) in [5.74, 6) is 0.183. The van der Waals surface area contributed by atoms with Crippen molar-refractivity contribution in [2.45, 2.75) is 32.9 Å². The number of rotatable bonds is 3. The lowest BCUT2D eigenvalue weighted by atomic mass is 10.1. The van der Waals surface area contributed by atoms with Gasteiger partial charge in [0.15, 0.2) is 0 Å². The van der Waals surface area contributed by atoms with Crippen LogP contribution in [0.3, 0.4) is 0 Å². The first-order valence-electron chi connectivity index (χ1n) is 6.45. The highest BCUT2D eigenvalue weighted by Crippen LogP contribution is 2.13. The van der Waals surface area contributed by atoms with Crippen LogP contribution in [0.2, 0.25) is 0 Å². The molecular formula is C15H19N3O2. The molecule has 0 spiro atoms. The Hall–Kier alpha value is -2.30. The molecule has 20 heavy (non-hydrogen) atoms. The number of carbonyl (C=O) groups excluding carboxylic acids is 1. The average Bonchev–Trinajstić information content (AvgIpc) is 2.73. The van der Waals surface area contributed by atoms with E-state index in [1.165, 1.54) is 0 Å². The Morgan fingerprint density at radius 1 is 1.25 bits per heavy atom. The molecule has 0 bridgehead atoms. The summed E-state index contributed by atoms with van der Waals surface area (Å²) in [6.45, 7) is 6.16. The highest BCUT2D eigenvalue weighted by atomic mass is 16.6. The van der Waals surface area contributed by atoms with Crippen LogP contribution in [0.5, 0.6) is 0 Å². The van der Waals surface area contributed by atoms with Crippen molar-refractivity contribution in [2.75, 3.05) is 5.73 Å². The second-order valence-corrected chi connectivity index (χ2v) is 5.64. The van der Waals surface area contributed by atoms with Gasteiger partial charge >= 0.3 is 5.97 Å². The molecular weight excluding hydrogens is 254 g/mol. The molecule has 0 radical (unpaired) electrons. The minimum Gasteiger partial charge on any atom is -0.456 e. The number of hydrogen-bond acceptors (Lipinski definition) is 4.